The number of hydrogen-bond donors (Lipinski definition) is 1. The lowest BCUT2D eigenvalue weighted by molar-refractivity contribution is -0.173. The van der Waals surface area contributed by atoms with Crippen LogP contribution in [0.1, 0.15) is 33.1 Å². The van der Waals surface area contributed by atoms with Crippen molar-refractivity contribution in [1.29, 1.82) is 0 Å². The molecule has 120 valence electrons. The highest BCUT2D eigenvalue weighted by atomic mass is 19.4. The van der Waals surface area contributed by atoms with Crippen LogP contribution in [0.3, 0.4) is 0 Å². The Kier molecular flexibility index (Phi) is 7.84. The van der Waals surface area contributed by atoms with Crippen LogP contribution in [-0.2, 0) is 4.74 Å². The summed E-state index contributed by atoms with van der Waals surface area (Å²) in [5.41, 5.74) is 0. The van der Waals surface area contributed by atoms with E-state index >= 15 is 0 Å². The Balaban J connectivity index is 2.14. The summed E-state index contributed by atoms with van der Waals surface area (Å²) in [7, 11) is 0. The zero-order chi connectivity index (χ0) is 15.0. The third kappa shape index (κ3) is 7.45. The fraction of sp³-hybridized carbons (Fsp3) is 1.00. The van der Waals surface area contributed by atoms with Gasteiger partial charge in [0, 0.05) is 19.1 Å². The van der Waals surface area contributed by atoms with Gasteiger partial charge in [-0.15, -0.1) is 0 Å². The van der Waals surface area contributed by atoms with Crippen molar-refractivity contribution in [2.45, 2.75) is 45.3 Å². The molecule has 1 saturated heterocycles. The third-order valence-corrected chi connectivity index (χ3v) is 3.77. The molecular weight excluding hydrogens is 269 g/mol. The molecule has 1 rings (SSSR count). The summed E-state index contributed by atoms with van der Waals surface area (Å²) in [5.74, 6) is 0.581. The number of nitrogens with one attached hydrogen (secondary N) is 1. The lowest BCUT2D eigenvalue weighted by Gasteiger charge is -2.36. The molecule has 0 aromatic heterocycles. The molecular formula is C14H27F3N2O. The first-order valence-electron chi connectivity index (χ1n) is 7.52. The smallest absolute Gasteiger partial charge is 0.371 e. The second kappa shape index (κ2) is 8.85. The normalized spacial score (nSPS) is 22.9. The second-order valence-corrected chi connectivity index (χ2v) is 5.61. The molecule has 1 aliphatic heterocycles. The van der Waals surface area contributed by atoms with Crippen LogP contribution in [0.5, 0.6) is 0 Å². The summed E-state index contributed by atoms with van der Waals surface area (Å²) >= 11 is 0. The van der Waals surface area contributed by atoms with Gasteiger partial charge < -0.3 is 15.0 Å². The van der Waals surface area contributed by atoms with Crippen molar-refractivity contribution in [3.05, 3.63) is 0 Å². The zero-order valence-electron chi connectivity index (χ0n) is 12.5. The van der Waals surface area contributed by atoms with Gasteiger partial charge in [0.25, 0.3) is 0 Å². The Bertz CT molecular complexity index is 259. The topological polar surface area (TPSA) is 24.5 Å². The van der Waals surface area contributed by atoms with Gasteiger partial charge in [-0.25, -0.2) is 0 Å². The first kappa shape index (κ1) is 17.7. The Morgan fingerprint density at radius 3 is 2.80 bits per heavy atom. The van der Waals surface area contributed by atoms with Crippen LogP contribution in [0.25, 0.3) is 0 Å². The van der Waals surface area contributed by atoms with Crippen LogP contribution >= 0.6 is 0 Å². The highest BCUT2D eigenvalue weighted by Crippen LogP contribution is 2.19. The maximum atomic E-state index is 11.9. The fourth-order valence-corrected chi connectivity index (χ4v) is 2.73. The standard InChI is InChI=1S/C14H27F3N2O/c1-3-7-19-8-4-5-13(10-19)12(2)18-6-9-20-11-14(15,16)17/h12-13,18H,3-11H2,1-2H3. The van der Waals surface area contributed by atoms with Crippen LogP contribution in [0, 0.1) is 5.92 Å². The van der Waals surface area contributed by atoms with E-state index in [-0.39, 0.29) is 6.61 Å². The first-order valence-corrected chi connectivity index (χ1v) is 7.52. The van der Waals surface area contributed by atoms with Crippen molar-refractivity contribution in [2.24, 2.45) is 5.92 Å². The molecule has 0 aliphatic carbocycles. The quantitative estimate of drug-likeness (QED) is 0.697. The average Bonchev–Trinajstić information content (AvgIpc) is 2.37. The predicted octanol–water partition coefficient (Wildman–Crippen LogP) is 2.67. The molecule has 3 nitrogen and oxygen atoms in total. The third-order valence-electron chi connectivity index (χ3n) is 3.77. The number of nitrogens with zero attached hydrogens (tertiary/aromatic N) is 1. The van der Waals surface area contributed by atoms with E-state index in [0.717, 1.165) is 13.1 Å². The van der Waals surface area contributed by atoms with Gasteiger partial charge in [0.15, 0.2) is 0 Å². The van der Waals surface area contributed by atoms with Crippen molar-refractivity contribution >= 4 is 0 Å². The summed E-state index contributed by atoms with van der Waals surface area (Å²) in [6, 6.07) is 0.323. The molecule has 0 spiro atoms. The van der Waals surface area contributed by atoms with Gasteiger partial charge >= 0.3 is 6.18 Å². The maximum absolute atomic E-state index is 11.9. The summed E-state index contributed by atoms with van der Waals surface area (Å²) < 4.78 is 40.3. The highest BCUT2D eigenvalue weighted by molar-refractivity contribution is 4.80. The van der Waals surface area contributed by atoms with E-state index in [1.165, 1.54) is 25.8 Å². The molecule has 1 aliphatic rings. The molecule has 2 unspecified atom stereocenters. The Hall–Kier alpha value is -0.330. The number of ether oxygens (including phenoxy) is 1. The summed E-state index contributed by atoms with van der Waals surface area (Å²) in [5, 5.41) is 3.28. The van der Waals surface area contributed by atoms with E-state index in [1.54, 1.807) is 0 Å². The summed E-state index contributed by atoms with van der Waals surface area (Å²) in [6.07, 6.45) is -0.658. The van der Waals surface area contributed by atoms with E-state index in [0.29, 0.717) is 18.5 Å². The van der Waals surface area contributed by atoms with E-state index in [2.05, 4.69) is 28.8 Å². The van der Waals surface area contributed by atoms with Crippen LogP contribution in [0.15, 0.2) is 0 Å². The number of halogens is 3. The van der Waals surface area contributed by atoms with E-state index in [1.807, 2.05) is 0 Å². The van der Waals surface area contributed by atoms with Crippen molar-refractivity contribution in [3.63, 3.8) is 0 Å². The van der Waals surface area contributed by atoms with Gasteiger partial charge in [-0.05, 0) is 45.2 Å². The van der Waals surface area contributed by atoms with Crippen molar-refractivity contribution in [3.8, 4) is 0 Å². The van der Waals surface area contributed by atoms with Gasteiger partial charge in [-0.2, -0.15) is 13.2 Å². The molecule has 1 fully saturated rings. The van der Waals surface area contributed by atoms with Crippen molar-refractivity contribution < 1.29 is 17.9 Å². The molecule has 0 amide bonds. The molecule has 0 bridgehead atoms. The largest absolute Gasteiger partial charge is 0.411 e. The molecule has 0 saturated carbocycles. The van der Waals surface area contributed by atoms with E-state index in [4.69, 9.17) is 0 Å². The average molecular weight is 296 g/mol. The summed E-state index contributed by atoms with van der Waals surface area (Å²) in [6.45, 7) is 7.12. The SMILES string of the molecule is CCCN1CCCC(C(C)NCCOCC(F)(F)F)C1. The zero-order valence-corrected chi connectivity index (χ0v) is 12.5. The molecule has 0 aromatic rings. The van der Waals surface area contributed by atoms with E-state index < -0.39 is 12.8 Å². The Labute approximate surface area is 119 Å². The number of alkyl halides is 3. The lowest BCUT2D eigenvalue weighted by atomic mass is 9.91. The monoisotopic (exact) mass is 296 g/mol. The van der Waals surface area contributed by atoms with Crippen molar-refractivity contribution in [1.82, 2.24) is 10.2 Å². The van der Waals surface area contributed by atoms with Crippen LogP contribution < -0.4 is 5.32 Å². The number of hydrogen-bond acceptors (Lipinski definition) is 3. The molecule has 1 heterocycles. The molecule has 0 aromatic carbocycles. The molecule has 2 atom stereocenters. The molecule has 20 heavy (non-hydrogen) atoms. The minimum absolute atomic E-state index is 0.106. The van der Waals surface area contributed by atoms with Gasteiger partial charge in [0.2, 0.25) is 0 Å². The second-order valence-electron chi connectivity index (χ2n) is 5.61. The molecule has 6 heteroatoms. The number of piperidine rings is 1. The molecule has 0 radical (unpaired) electrons. The Morgan fingerprint density at radius 1 is 1.40 bits per heavy atom. The van der Waals surface area contributed by atoms with E-state index in [9.17, 15) is 13.2 Å². The number of likely N-dealkylation sites (tertiary alicyclic amines) is 1. The number of rotatable bonds is 8. The lowest BCUT2D eigenvalue weighted by Crippen LogP contribution is -2.45. The Morgan fingerprint density at radius 2 is 2.15 bits per heavy atom. The highest BCUT2D eigenvalue weighted by Gasteiger charge is 2.27. The predicted molar refractivity (Wildman–Crippen MR) is 73.8 cm³/mol. The minimum atomic E-state index is -4.23. The van der Waals surface area contributed by atoms with Crippen LogP contribution in [0.4, 0.5) is 13.2 Å². The molecule has 1 N–H and O–H groups in total. The first-order chi connectivity index (χ1) is 9.42. The van der Waals surface area contributed by atoms with Gasteiger partial charge in [-0.3, -0.25) is 0 Å². The fourth-order valence-electron chi connectivity index (χ4n) is 2.73. The van der Waals surface area contributed by atoms with Gasteiger partial charge in [0.1, 0.15) is 6.61 Å². The van der Waals surface area contributed by atoms with Crippen LogP contribution in [0.2, 0.25) is 0 Å². The van der Waals surface area contributed by atoms with Gasteiger partial charge in [0.05, 0.1) is 6.61 Å². The minimum Gasteiger partial charge on any atom is -0.371 e. The van der Waals surface area contributed by atoms with Crippen molar-refractivity contribution in [2.75, 3.05) is 39.4 Å². The van der Waals surface area contributed by atoms with Crippen LogP contribution in [-0.4, -0.2) is 56.5 Å². The summed E-state index contributed by atoms with van der Waals surface area (Å²) in [4.78, 5) is 2.48. The van der Waals surface area contributed by atoms with Gasteiger partial charge in [-0.1, -0.05) is 6.92 Å². The maximum Gasteiger partial charge on any atom is 0.411 e.